The van der Waals surface area contributed by atoms with Gasteiger partial charge in [0.05, 0.1) is 0 Å². The fourth-order valence-corrected chi connectivity index (χ4v) is 1.38. The third-order valence-electron chi connectivity index (χ3n) is 2.18. The number of amides is 1. The number of halogens is 1. The molecule has 0 saturated carbocycles. The van der Waals surface area contributed by atoms with Crippen LogP contribution in [0.5, 0.6) is 0 Å². The van der Waals surface area contributed by atoms with E-state index in [4.69, 9.17) is 16.7 Å². The summed E-state index contributed by atoms with van der Waals surface area (Å²) in [6.07, 6.45) is 0.670. The minimum Gasteiger partial charge on any atom is -0.396 e. The highest BCUT2D eigenvalue weighted by Crippen LogP contribution is 2.05. The molecule has 0 radical (unpaired) electrons. The summed E-state index contributed by atoms with van der Waals surface area (Å²) in [6.45, 7) is 2.61. The van der Waals surface area contributed by atoms with Gasteiger partial charge in [-0.1, -0.05) is 24.6 Å². The van der Waals surface area contributed by atoms with Crippen LogP contribution in [-0.2, 0) is 0 Å². The topological polar surface area (TPSA) is 62.2 Å². The number of pyridine rings is 1. The Kier molecular flexibility index (Phi) is 5.22. The van der Waals surface area contributed by atoms with Crippen LogP contribution in [0.3, 0.4) is 0 Å². The molecule has 1 atom stereocenters. The average Bonchev–Trinajstić information content (AvgIpc) is 2.26. The molecule has 0 aliphatic heterocycles. The molecule has 1 aromatic heterocycles. The molecule has 0 fully saturated rings. The molecule has 1 heterocycles. The Bertz CT molecular complexity index is 358. The number of aliphatic hydroxyl groups excluding tert-OH is 1. The lowest BCUT2D eigenvalue weighted by molar-refractivity contribution is 0.0940. The van der Waals surface area contributed by atoms with Crippen LogP contribution in [-0.4, -0.2) is 29.1 Å². The summed E-state index contributed by atoms with van der Waals surface area (Å²) in [5, 5.41) is 11.8. The maximum absolute atomic E-state index is 11.6. The van der Waals surface area contributed by atoms with Crippen LogP contribution in [0.4, 0.5) is 0 Å². The molecule has 2 N–H and O–H groups in total. The van der Waals surface area contributed by atoms with E-state index in [1.807, 2.05) is 6.92 Å². The number of hydrogen-bond acceptors (Lipinski definition) is 3. The Morgan fingerprint density at radius 3 is 3.00 bits per heavy atom. The van der Waals surface area contributed by atoms with Crippen LogP contribution in [0, 0.1) is 5.92 Å². The maximum atomic E-state index is 11.6. The van der Waals surface area contributed by atoms with Crippen molar-refractivity contribution in [2.24, 2.45) is 5.92 Å². The van der Waals surface area contributed by atoms with E-state index in [2.05, 4.69) is 10.3 Å². The molecular weight excluding hydrogens is 228 g/mol. The highest BCUT2D eigenvalue weighted by atomic mass is 35.5. The summed E-state index contributed by atoms with van der Waals surface area (Å²) in [5.41, 5.74) is 0.309. The highest BCUT2D eigenvalue weighted by molar-refractivity contribution is 6.29. The zero-order chi connectivity index (χ0) is 12.0. The van der Waals surface area contributed by atoms with Gasteiger partial charge in [-0.05, 0) is 24.5 Å². The first-order valence-electron chi connectivity index (χ1n) is 5.15. The van der Waals surface area contributed by atoms with Gasteiger partial charge in [0.15, 0.2) is 0 Å². The number of nitrogens with zero attached hydrogens (tertiary/aromatic N) is 1. The predicted molar refractivity (Wildman–Crippen MR) is 62.4 cm³/mol. The fraction of sp³-hybridized carbons (Fsp3) is 0.455. The molecular formula is C11H15ClN2O2. The molecule has 88 valence electrons. The van der Waals surface area contributed by atoms with Gasteiger partial charge >= 0.3 is 0 Å². The van der Waals surface area contributed by atoms with Crippen LogP contribution >= 0.6 is 11.6 Å². The highest BCUT2D eigenvalue weighted by Gasteiger charge is 2.08. The van der Waals surface area contributed by atoms with E-state index in [1.54, 1.807) is 18.2 Å². The molecule has 0 spiro atoms. The molecule has 16 heavy (non-hydrogen) atoms. The van der Waals surface area contributed by atoms with E-state index < -0.39 is 0 Å². The van der Waals surface area contributed by atoms with E-state index in [-0.39, 0.29) is 18.4 Å². The van der Waals surface area contributed by atoms with Crippen molar-refractivity contribution in [3.05, 3.63) is 29.0 Å². The number of aliphatic hydroxyl groups is 1. The summed E-state index contributed by atoms with van der Waals surface area (Å²) < 4.78 is 0. The average molecular weight is 243 g/mol. The normalized spacial score (nSPS) is 12.2. The minimum atomic E-state index is -0.243. The minimum absolute atomic E-state index is 0.131. The van der Waals surface area contributed by atoms with Crippen molar-refractivity contribution < 1.29 is 9.90 Å². The first-order valence-corrected chi connectivity index (χ1v) is 5.53. The standard InChI is InChI=1S/C11H15ClN2O2/c1-8(5-6-15)7-13-11(16)9-3-2-4-10(12)14-9/h2-4,8,15H,5-7H2,1H3,(H,13,16). The van der Waals surface area contributed by atoms with Crippen molar-refractivity contribution in [3.8, 4) is 0 Å². The molecule has 0 bridgehead atoms. The lowest BCUT2D eigenvalue weighted by atomic mass is 10.1. The van der Waals surface area contributed by atoms with Gasteiger partial charge in [0.2, 0.25) is 0 Å². The first kappa shape index (κ1) is 12.9. The van der Waals surface area contributed by atoms with E-state index in [9.17, 15) is 4.79 Å². The Balaban J connectivity index is 2.47. The molecule has 1 unspecified atom stereocenters. The van der Waals surface area contributed by atoms with Crippen LogP contribution in [0.15, 0.2) is 18.2 Å². The monoisotopic (exact) mass is 242 g/mol. The van der Waals surface area contributed by atoms with E-state index in [1.165, 1.54) is 0 Å². The maximum Gasteiger partial charge on any atom is 0.269 e. The Morgan fingerprint density at radius 1 is 1.62 bits per heavy atom. The Labute approximate surface area is 99.6 Å². The van der Waals surface area contributed by atoms with Crippen LogP contribution < -0.4 is 5.32 Å². The van der Waals surface area contributed by atoms with Crippen molar-refractivity contribution in [1.29, 1.82) is 0 Å². The summed E-state index contributed by atoms with van der Waals surface area (Å²) in [7, 11) is 0. The van der Waals surface area contributed by atoms with Crippen molar-refractivity contribution in [2.75, 3.05) is 13.2 Å². The second kappa shape index (κ2) is 6.45. The van der Waals surface area contributed by atoms with E-state index in [0.717, 1.165) is 0 Å². The molecule has 5 heteroatoms. The summed E-state index contributed by atoms with van der Waals surface area (Å²) in [4.78, 5) is 15.5. The predicted octanol–water partition coefficient (Wildman–Crippen LogP) is 1.48. The van der Waals surface area contributed by atoms with Crippen LogP contribution in [0.2, 0.25) is 5.15 Å². The quantitative estimate of drug-likeness (QED) is 0.769. The van der Waals surface area contributed by atoms with Gasteiger partial charge in [-0.15, -0.1) is 0 Å². The van der Waals surface area contributed by atoms with Gasteiger partial charge in [-0.2, -0.15) is 0 Å². The molecule has 1 amide bonds. The molecule has 4 nitrogen and oxygen atoms in total. The summed E-state index contributed by atoms with van der Waals surface area (Å²) in [6, 6.07) is 4.91. The zero-order valence-electron chi connectivity index (χ0n) is 9.11. The van der Waals surface area contributed by atoms with Crippen molar-refractivity contribution in [2.45, 2.75) is 13.3 Å². The van der Waals surface area contributed by atoms with Gasteiger partial charge < -0.3 is 10.4 Å². The lowest BCUT2D eigenvalue weighted by Gasteiger charge is -2.10. The van der Waals surface area contributed by atoms with Crippen molar-refractivity contribution in [3.63, 3.8) is 0 Å². The molecule has 0 saturated heterocycles. The summed E-state index contributed by atoms with van der Waals surface area (Å²) in [5.74, 6) is 0.000393. The largest absolute Gasteiger partial charge is 0.396 e. The molecule has 1 aromatic rings. The van der Waals surface area contributed by atoms with Gasteiger partial charge in [0.25, 0.3) is 5.91 Å². The van der Waals surface area contributed by atoms with E-state index >= 15 is 0 Å². The molecule has 0 aromatic carbocycles. The first-order chi connectivity index (χ1) is 7.63. The molecule has 1 rings (SSSR count). The molecule has 0 aliphatic rings. The third kappa shape index (κ3) is 4.16. The smallest absolute Gasteiger partial charge is 0.269 e. The number of aromatic nitrogens is 1. The third-order valence-corrected chi connectivity index (χ3v) is 2.39. The number of rotatable bonds is 5. The number of hydrogen-bond donors (Lipinski definition) is 2. The van der Waals surface area contributed by atoms with E-state index in [0.29, 0.717) is 23.8 Å². The van der Waals surface area contributed by atoms with Gasteiger partial charge in [-0.3, -0.25) is 4.79 Å². The molecule has 0 aliphatic carbocycles. The van der Waals surface area contributed by atoms with Gasteiger partial charge in [-0.25, -0.2) is 4.98 Å². The second-order valence-corrected chi connectivity index (χ2v) is 4.06. The Morgan fingerprint density at radius 2 is 2.38 bits per heavy atom. The van der Waals surface area contributed by atoms with Crippen molar-refractivity contribution >= 4 is 17.5 Å². The van der Waals surface area contributed by atoms with Crippen molar-refractivity contribution in [1.82, 2.24) is 10.3 Å². The number of carbonyl (C=O) groups is 1. The van der Waals surface area contributed by atoms with Crippen LogP contribution in [0.1, 0.15) is 23.8 Å². The van der Waals surface area contributed by atoms with Gasteiger partial charge in [0.1, 0.15) is 10.8 Å². The zero-order valence-corrected chi connectivity index (χ0v) is 9.87. The Hall–Kier alpha value is -1.13. The summed E-state index contributed by atoms with van der Waals surface area (Å²) >= 11 is 5.68. The SMILES string of the molecule is CC(CCO)CNC(=O)c1cccc(Cl)n1. The van der Waals surface area contributed by atoms with Gasteiger partial charge in [0, 0.05) is 13.2 Å². The number of nitrogens with one attached hydrogen (secondary N) is 1. The van der Waals surface area contributed by atoms with Crippen LogP contribution in [0.25, 0.3) is 0 Å². The second-order valence-electron chi connectivity index (χ2n) is 3.67. The lowest BCUT2D eigenvalue weighted by Crippen LogP contribution is -2.29. The number of carbonyl (C=O) groups excluding carboxylic acids is 1. The fourth-order valence-electron chi connectivity index (χ4n) is 1.21.